The lowest BCUT2D eigenvalue weighted by molar-refractivity contribution is 0.177. The van der Waals surface area contributed by atoms with Crippen molar-refractivity contribution in [2.24, 2.45) is 0 Å². The minimum Gasteiger partial charge on any atom is -0.377 e. The normalized spacial score (nSPS) is 10.5. The molecule has 90 valence electrons. The molecule has 0 saturated heterocycles. The van der Waals surface area contributed by atoms with Gasteiger partial charge in [0.25, 0.3) is 0 Å². The second-order valence-electron chi connectivity index (χ2n) is 3.09. The Balaban J connectivity index is 2.23. The van der Waals surface area contributed by atoms with Gasteiger partial charge in [0.1, 0.15) is 17.5 Å². The number of rotatable bonds is 5. The van der Waals surface area contributed by atoms with Crippen molar-refractivity contribution in [3.05, 3.63) is 23.5 Å². The third-order valence-corrected chi connectivity index (χ3v) is 3.68. The topological polar surface area (TPSA) is 59.9 Å². The van der Waals surface area contributed by atoms with E-state index >= 15 is 0 Å². The molecule has 0 aliphatic carbocycles. The van der Waals surface area contributed by atoms with Gasteiger partial charge in [-0.05, 0) is 11.8 Å². The molecule has 0 amide bonds. The van der Waals surface area contributed by atoms with E-state index in [0.29, 0.717) is 12.4 Å². The number of methoxy groups -OCH3 is 1. The molecule has 2 heterocycles. The number of nitrogens with one attached hydrogen (secondary N) is 1. The summed E-state index contributed by atoms with van der Waals surface area (Å²) in [5.41, 5.74) is 0. The maximum atomic E-state index is 5.04. The molecule has 0 radical (unpaired) electrons. The Morgan fingerprint density at radius 2 is 2.35 bits per heavy atom. The van der Waals surface area contributed by atoms with Gasteiger partial charge in [-0.1, -0.05) is 0 Å². The van der Waals surface area contributed by atoms with E-state index in [4.69, 9.17) is 4.74 Å². The van der Waals surface area contributed by atoms with Crippen LogP contribution in [0.15, 0.2) is 27.0 Å². The molecule has 2 aromatic rings. The van der Waals surface area contributed by atoms with Crippen LogP contribution in [0, 0.1) is 0 Å². The molecule has 0 aromatic carbocycles. The molecule has 5 nitrogen and oxygen atoms in total. The quantitative estimate of drug-likeness (QED) is 0.839. The highest BCUT2D eigenvalue weighted by molar-refractivity contribution is 8.01. The minimum atomic E-state index is 0.404. The van der Waals surface area contributed by atoms with Crippen LogP contribution in [-0.4, -0.2) is 29.1 Å². The van der Waals surface area contributed by atoms with Crippen molar-refractivity contribution < 1.29 is 4.74 Å². The third kappa shape index (κ3) is 3.39. The first-order valence-corrected chi connectivity index (χ1v) is 6.63. The lowest BCUT2D eigenvalue weighted by Crippen LogP contribution is -2.02. The van der Waals surface area contributed by atoms with Crippen LogP contribution in [-0.2, 0) is 11.3 Å². The summed E-state index contributed by atoms with van der Waals surface area (Å²) in [5, 5.41) is 5.82. The largest absolute Gasteiger partial charge is 0.377 e. The van der Waals surface area contributed by atoms with Gasteiger partial charge in [0.2, 0.25) is 0 Å². The lowest BCUT2D eigenvalue weighted by Gasteiger charge is -2.05. The number of hydrogen-bond donors (Lipinski definition) is 1. The van der Waals surface area contributed by atoms with Gasteiger partial charge in [0.15, 0.2) is 10.2 Å². The van der Waals surface area contributed by atoms with E-state index in [1.54, 1.807) is 24.6 Å². The number of hydrogen-bond acceptors (Lipinski definition) is 7. The Morgan fingerprint density at radius 1 is 1.47 bits per heavy atom. The van der Waals surface area contributed by atoms with E-state index in [-0.39, 0.29) is 0 Å². The second-order valence-corrected chi connectivity index (χ2v) is 5.25. The molecule has 0 bridgehead atoms. The van der Waals surface area contributed by atoms with Gasteiger partial charge in [0, 0.05) is 31.8 Å². The summed E-state index contributed by atoms with van der Waals surface area (Å²) in [6.07, 6.45) is 1.78. The van der Waals surface area contributed by atoms with Crippen molar-refractivity contribution in [2.75, 3.05) is 19.5 Å². The van der Waals surface area contributed by atoms with Crippen LogP contribution in [0.5, 0.6) is 0 Å². The van der Waals surface area contributed by atoms with E-state index in [9.17, 15) is 0 Å². The molecule has 0 unspecified atom stereocenters. The summed E-state index contributed by atoms with van der Waals surface area (Å²) in [4.78, 5) is 12.9. The minimum absolute atomic E-state index is 0.404. The number of thiazole rings is 1. The van der Waals surface area contributed by atoms with Gasteiger partial charge in [-0.25, -0.2) is 15.0 Å². The lowest BCUT2D eigenvalue weighted by atomic mass is 10.5. The Kier molecular flexibility index (Phi) is 4.29. The number of nitrogens with zero attached hydrogens (tertiary/aromatic N) is 3. The predicted octanol–water partition coefficient (Wildman–Crippen LogP) is 2.27. The summed E-state index contributed by atoms with van der Waals surface area (Å²) in [7, 11) is 3.46. The molecule has 0 aliphatic heterocycles. The van der Waals surface area contributed by atoms with Crippen LogP contribution < -0.4 is 5.32 Å². The first-order valence-electron chi connectivity index (χ1n) is 4.94. The Bertz CT molecular complexity index is 475. The van der Waals surface area contributed by atoms with Crippen molar-refractivity contribution >= 4 is 28.9 Å². The van der Waals surface area contributed by atoms with Gasteiger partial charge in [-0.3, -0.25) is 0 Å². The molecule has 0 fully saturated rings. The molecule has 1 N–H and O–H groups in total. The fourth-order valence-electron chi connectivity index (χ4n) is 1.20. The molecule has 2 aromatic heterocycles. The Hall–Kier alpha value is -1.18. The first-order chi connectivity index (χ1) is 8.31. The summed E-state index contributed by atoms with van der Waals surface area (Å²) in [5.74, 6) is 1.45. The summed E-state index contributed by atoms with van der Waals surface area (Å²) >= 11 is 3.11. The summed E-state index contributed by atoms with van der Waals surface area (Å²) < 4.78 is 6.01. The fourth-order valence-corrected chi connectivity index (χ4v) is 2.79. The van der Waals surface area contributed by atoms with Gasteiger partial charge >= 0.3 is 0 Å². The number of aromatic nitrogens is 3. The molecular weight excluding hydrogens is 256 g/mol. The smallest absolute Gasteiger partial charge is 0.157 e. The van der Waals surface area contributed by atoms with Crippen molar-refractivity contribution in [3.63, 3.8) is 0 Å². The summed E-state index contributed by atoms with van der Waals surface area (Å²) in [6, 6.07) is 1.89. The monoisotopic (exact) mass is 268 g/mol. The predicted molar refractivity (Wildman–Crippen MR) is 68.5 cm³/mol. The standard InChI is InChI=1S/C10H12N4OS2/c1-11-7-5-9(14-8(13-7)6-15-2)17-10-12-3-4-16-10/h3-5H,6H2,1-2H3,(H,11,13,14). The Morgan fingerprint density at radius 3 is 3.00 bits per heavy atom. The van der Waals surface area contributed by atoms with Gasteiger partial charge < -0.3 is 10.1 Å². The molecule has 0 spiro atoms. The van der Waals surface area contributed by atoms with Gasteiger partial charge in [-0.15, -0.1) is 11.3 Å². The molecule has 0 aliphatic rings. The van der Waals surface area contributed by atoms with Crippen molar-refractivity contribution in [3.8, 4) is 0 Å². The zero-order valence-electron chi connectivity index (χ0n) is 9.51. The van der Waals surface area contributed by atoms with E-state index in [0.717, 1.165) is 15.2 Å². The van der Waals surface area contributed by atoms with E-state index in [2.05, 4.69) is 20.3 Å². The van der Waals surface area contributed by atoms with Crippen LogP contribution in [0.25, 0.3) is 0 Å². The van der Waals surface area contributed by atoms with Crippen LogP contribution in [0.3, 0.4) is 0 Å². The second kappa shape index (κ2) is 5.95. The van der Waals surface area contributed by atoms with Gasteiger partial charge in [-0.2, -0.15) is 0 Å². The molecular formula is C10H12N4OS2. The first kappa shape index (κ1) is 12.3. The molecule has 7 heteroatoms. The fraction of sp³-hybridized carbons (Fsp3) is 0.300. The molecule has 17 heavy (non-hydrogen) atoms. The molecule has 0 atom stereocenters. The highest BCUT2D eigenvalue weighted by Gasteiger charge is 2.06. The summed E-state index contributed by atoms with van der Waals surface area (Å²) in [6.45, 7) is 0.404. The average molecular weight is 268 g/mol. The number of anilines is 1. The highest BCUT2D eigenvalue weighted by atomic mass is 32.2. The van der Waals surface area contributed by atoms with Crippen LogP contribution in [0.2, 0.25) is 0 Å². The number of ether oxygens (including phenoxy) is 1. The van der Waals surface area contributed by atoms with E-state index in [1.165, 1.54) is 11.8 Å². The van der Waals surface area contributed by atoms with Gasteiger partial charge in [0.05, 0.1) is 0 Å². The van der Waals surface area contributed by atoms with Crippen LogP contribution >= 0.6 is 23.1 Å². The van der Waals surface area contributed by atoms with Crippen molar-refractivity contribution in [1.82, 2.24) is 15.0 Å². The Labute approximate surface area is 108 Å². The maximum absolute atomic E-state index is 5.04. The van der Waals surface area contributed by atoms with Crippen molar-refractivity contribution in [1.29, 1.82) is 0 Å². The zero-order chi connectivity index (χ0) is 12.1. The third-order valence-electron chi connectivity index (χ3n) is 1.88. The molecule has 0 saturated carbocycles. The molecule has 2 rings (SSSR count). The average Bonchev–Trinajstić information content (AvgIpc) is 2.82. The maximum Gasteiger partial charge on any atom is 0.157 e. The van der Waals surface area contributed by atoms with Crippen LogP contribution in [0.1, 0.15) is 5.82 Å². The zero-order valence-corrected chi connectivity index (χ0v) is 11.1. The van der Waals surface area contributed by atoms with E-state index in [1.807, 2.05) is 18.5 Å². The highest BCUT2D eigenvalue weighted by Crippen LogP contribution is 2.28. The van der Waals surface area contributed by atoms with E-state index < -0.39 is 0 Å². The van der Waals surface area contributed by atoms with Crippen LogP contribution in [0.4, 0.5) is 5.82 Å². The SMILES string of the molecule is CNc1cc(Sc2nccs2)nc(COC)n1. The van der Waals surface area contributed by atoms with Crippen molar-refractivity contribution in [2.45, 2.75) is 16.0 Å².